The van der Waals surface area contributed by atoms with E-state index in [2.05, 4.69) is 20.4 Å². The van der Waals surface area contributed by atoms with Crippen LogP contribution in [0.4, 0.5) is 8.78 Å². The maximum atomic E-state index is 12.7. The van der Waals surface area contributed by atoms with Gasteiger partial charge in [-0.05, 0) is 25.8 Å². The molecule has 1 aliphatic rings. The Balaban J connectivity index is 2.02. The van der Waals surface area contributed by atoms with Gasteiger partial charge in [-0.2, -0.15) is 8.78 Å². The van der Waals surface area contributed by atoms with Gasteiger partial charge in [-0.1, -0.05) is 30.5 Å². The predicted octanol–water partition coefficient (Wildman–Crippen LogP) is 2.91. The van der Waals surface area contributed by atoms with Gasteiger partial charge in [0, 0.05) is 39.8 Å². The monoisotopic (exact) mass is 396 g/mol. The number of amides is 1. The van der Waals surface area contributed by atoms with E-state index in [9.17, 15) is 13.6 Å². The summed E-state index contributed by atoms with van der Waals surface area (Å²) >= 11 is 0. The van der Waals surface area contributed by atoms with Crippen molar-refractivity contribution in [2.24, 2.45) is 10.4 Å². The molecule has 1 fully saturated rings. The summed E-state index contributed by atoms with van der Waals surface area (Å²) in [4.78, 5) is 18.5. The quantitative estimate of drug-likeness (QED) is 0.549. The number of guanidine groups is 1. The summed E-state index contributed by atoms with van der Waals surface area (Å²) in [5.74, 6) is 0.778. The molecule has 0 heterocycles. The number of rotatable bonds is 7. The van der Waals surface area contributed by atoms with Crippen LogP contribution in [-0.4, -0.2) is 51.1 Å². The zero-order valence-electron chi connectivity index (χ0n) is 17.0. The number of nitrogens with zero attached hydrogens (tertiary/aromatic N) is 2. The lowest BCUT2D eigenvalue weighted by molar-refractivity contribution is -0.138. The van der Waals surface area contributed by atoms with Crippen LogP contribution in [0.1, 0.15) is 36.8 Å². The normalized spacial score (nSPS) is 16.2. The first kappa shape index (κ1) is 21.9. The molecule has 156 valence electrons. The second-order valence-corrected chi connectivity index (χ2v) is 7.46. The maximum Gasteiger partial charge on any atom is 0.387 e. The molecule has 8 heteroatoms. The van der Waals surface area contributed by atoms with Gasteiger partial charge in [-0.3, -0.25) is 9.79 Å². The van der Waals surface area contributed by atoms with Crippen LogP contribution < -0.4 is 15.4 Å². The van der Waals surface area contributed by atoms with Gasteiger partial charge in [0.1, 0.15) is 5.75 Å². The van der Waals surface area contributed by atoms with E-state index in [1.54, 1.807) is 38.2 Å². The number of alkyl halides is 2. The third-order valence-electron chi connectivity index (χ3n) is 5.12. The highest BCUT2D eigenvalue weighted by Crippen LogP contribution is 2.38. The van der Waals surface area contributed by atoms with Crippen LogP contribution in [0.25, 0.3) is 0 Å². The fraction of sp³-hybridized carbons (Fsp3) is 0.600. The summed E-state index contributed by atoms with van der Waals surface area (Å²) in [7, 11) is 5.19. The molecule has 2 N–H and O–H groups in total. The topological polar surface area (TPSA) is 66.0 Å². The van der Waals surface area contributed by atoms with Crippen molar-refractivity contribution in [1.82, 2.24) is 15.5 Å². The van der Waals surface area contributed by atoms with Crippen molar-refractivity contribution in [2.45, 2.75) is 45.8 Å². The number of aryl methyl sites for hydroxylation is 1. The van der Waals surface area contributed by atoms with E-state index in [1.807, 2.05) is 6.92 Å². The predicted molar refractivity (Wildman–Crippen MR) is 106 cm³/mol. The largest absolute Gasteiger partial charge is 0.434 e. The lowest BCUT2D eigenvalue weighted by atomic mass is 9.84. The van der Waals surface area contributed by atoms with Crippen molar-refractivity contribution in [3.05, 3.63) is 29.3 Å². The fourth-order valence-corrected chi connectivity index (χ4v) is 3.70. The van der Waals surface area contributed by atoms with Gasteiger partial charge in [0.25, 0.3) is 0 Å². The molecule has 0 aliphatic heterocycles. The van der Waals surface area contributed by atoms with Crippen LogP contribution in [0.15, 0.2) is 23.2 Å². The van der Waals surface area contributed by atoms with E-state index in [-0.39, 0.29) is 18.2 Å². The van der Waals surface area contributed by atoms with Crippen molar-refractivity contribution in [2.75, 3.05) is 27.7 Å². The van der Waals surface area contributed by atoms with E-state index in [4.69, 9.17) is 0 Å². The SMILES string of the molecule is CN=C(NCc1cc(C)ccc1OC(F)F)NCC1(C(=O)N(C)C)CCCC1. The molecule has 1 aromatic carbocycles. The highest BCUT2D eigenvalue weighted by molar-refractivity contribution is 5.85. The zero-order chi connectivity index (χ0) is 20.7. The van der Waals surface area contributed by atoms with Crippen molar-refractivity contribution in [1.29, 1.82) is 0 Å². The van der Waals surface area contributed by atoms with Gasteiger partial charge < -0.3 is 20.3 Å². The number of nitrogens with one attached hydrogen (secondary N) is 2. The van der Waals surface area contributed by atoms with Gasteiger partial charge >= 0.3 is 6.61 Å². The third kappa shape index (κ3) is 5.56. The highest BCUT2D eigenvalue weighted by Gasteiger charge is 2.42. The molecule has 1 saturated carbocycles. The molecular weight excluding hydrogens is 366 g/mol. The minimum absolute atomic E-state index is 0.124. The fourth-order valence-electron chi connectivity index (χ4n) is 3.70. The minimum Gasteiger partial charge on any atom is -0.434 e. The average molecular weight is 396 g/mol. The second-order valence-electron chi connectivity index (χ2n) is 7.46. The molecule has 1 amide bonds. The van der Waals surface area contributed by atoms with Crippen molar-refractivity contribution >= 4 is 11.9 Å². The zero-order valence-corrected chi connectivity index (χ0v) is 17.0. The maximum absolute atomic E-state index is 12.7. The number of halogens is 2. The molecule has 0 aromatic heterocycles. The Morgan fingerprint density at radius 3 is 2.54 bits per heavy atom. The molecule has 1 aromatic rings. The van der Waals surface area contributed by atoms with Gasteiger partial charge in [0.15, 0.2) is 5.96 Å². The molecule has 2 rings (SSSR count). The van der Waals surface area contributed by atoms with Crippen LogP contribution in [0, 0.1) is 12.3 Å². The number of carbonyl (C=O) groups excluding carboxylic acids is 1. The van der Waals surface area contributed by atoms with Gasteiger partial charge in [-0.15, -0.1) is 0 Å². The molecule has 0 atom stereocenters. The van der Waals surface area contributed by atoms with Crippen LogP contribution in [0.3, 0.4) is 0 Å². The van der Waals surface area contributed by atoms with E-state index < -0.39 is 12.0 Å². The van der Waals surface area contributed by atoms with Crippen LogP contribution in [0.5, 0.6) is 5.75 Å². The number of aliphatic imine (C=N–C) groups is 1. The van der Waals surface area contributed by atoms with Gasteiger partial charge in [-0.25, -0.2) is 0 Å². The molecule has 0 saturated heterocycles. The lowest BCUT2D eigenvalue weighted by Crippen LogP contribution is -2.49. The molecular formula is C20H30F2N4O2. The Labute approximate surface area is 165 Å². The summed E-state index contributed by atoms with van der Waals surface area (Å²) in [6.45, 7) is -0.229. The number of hydrogen-bond acceptors (Lipinski definition) is 3. The van der Waals surface area contributed by atoms with E-state index in [1.165, 1.54) is 6.07 Å². The first-order chi connectivity index (χ1) is 13.3. The molecule has 28 heavy (non-hydrogen) atoms. The van der Waals surface area contributed by atoms with Crippen molar-refractivity contribution in [3.8, 4) is 5.75 Å². The van der Waals surface area contributed by atoms with Crippen LogP contribution in [0.2, 0.25) is 0 Å². The molecule has 0 spiro atoms. The molecule has 1 aliphatic carbocycles. The summed E-state index contributed by atoms with van der Waals surface area (Å²) in [5.41, 5.74) is 1.14. The average Bonchev–Trinajstić information content (AvgIpc) is 3.12. The number of hydrogen-bond donors (Lipinski definition) is 2. The Kier molecular flexibility index (Phi) is 7.60. The number of carbonyl (C=O) groups is 1. The number of benzene rings is 1. The summed E-state index contributed by atoms with van der Waals surface area (Å²) in [6, 6.07) is 5.06. The van der Waals surface area contributed by atoms with Crippen molar-refractivity contribution in [3.63, 3.8) is 0 Å². The first-order valence-electron chi connectivity index (χ1n) is 9.48. The molecule has 0 radical (unpaired) electrons. The Hall–Kier alpha value is -2.38. The van der Waals surface area contributed by atoms with E-state index >= 15 is 0 Å². The van der Waals surface area contributed by atoms with Gasteiger partial charge in [0.05, 0.1) is 5.41 Å². The first-order valence-corrected chi connectivity index (χ1v) is 9.48. The Morgan fingerprint density at radius 1 is 1.29 bits per heavy atom. The number of ether oxygens (including phenoxy) is 1. The second kappa shape index (κ2) is 9.71. The van der Waals surface area contributed by atoms with Crippen molar-refractivity contribution < 1.29 is 18.3 Å². The third-order valence-corrected chi connectivity index (χ3v) is 5.12. The van der Waals surface area contributed by atoms with Crippen LogP contribution >= 0.6 is 0 Å². The summed E-state index contributed by atoms with van der Waals surface area (Å²) < 4.78 is 29.9. The Morgan fingerprint density at radius 2 is 1.96 bits per heavy atom. The summed E-state index contributed by atoms with van der Waals surface area (Å²) in [6.07, 6.45) is 3.76. The van der Waals surface area contributed by atoms with E-state index in [0.29, 0.717) is 18.1 Å². The standard InChI is InChI=1S/C20H30F2N4O2/c1-14-7-8-16(28-18(21)22)15(11-14)12-24-19(23-2)25-13-20(9-5-6-10-20)17(27)26(3)4/h7-8,11,18H,5-6,9-10,12-13H2,1-4H3,(H2,23,24,25). The van der Waals surface area contributed by atoms with E-state index in [0.717, 1.165) is 31.2 Å². The smallest absolute Gasteiger partial charge is 0.387 e. The minimum atomic E-state index is -2.88. The highest BCUT2D eigenvalue weighted by atomic mass is 19.3. The van der Waals surface area contributed by atoms with Gasteiger partial charge in [0.2, 0.25) is 5.91 Å². The summed E-state index contributed by atoms with van der Waals surface area (Å²) in [5, 5.41) is 6.36. The van der Waals surface area contributed by atoms with Crippen LogP contribution in [-0.2, 0) is 11.3 Å². The molecule has 6 nitrogen and oxygen atoms in total. The molecule has 0 unspecified atom stereocenters. The lowest BCUT2D eigenvalue weighted by Gasteiger charge is -2.31. The molecule has 0 bridgehead atoms. The Bertz CT molecular complexity index is 701.